The predicted octanol–water partition coefficient (Wildman–Crippen LogP) is 0.910. The molecule has 0 aliphatic rings. The highest BCUT2D eigenvalue weighted by Crippen LogP contribution is 2.15. The quantitative estimate of drug-likeness (QED) is 0.745. The van der Waals surface area contributed by atoms with Crippen molar-refractivity contribution in [1.29, 1.82) is 0 Å². The van der Waals surface area contributed by atoms with Crippen molar-refractivity contribution >= 4 is 16.0 Å². The van der Waals surface area contributed by atoms with Gasteiger partial charge in [-0.2, -0.15) is 0 Å². The average molecular weight is 237 g/mol. The molecule has 0 amide bonds. The summed E-state index contributed by atoms with van der Waals surface area (Å²) in [6, 6.07) is -0.128. The van der Waals surface area contributed by atoms with E-state index in [-0.39, 0.29) is 6.04 Å². The number of hydrogen-bond donors (Lipinski definition) is 1. The fourth-order valence-electron chi connectivity index (χ4n) is 1.39. The van der Waals surface area contributed by atoms with Crippen molar-refractivity contribution in [3.63, 3.8) is 0 Å². The number of carboxylic acid groups (broad SMARTS) is 1. The van der Waals surface area contributed by atoms with Crippen LogP contribution in [-0.4, -0.2) is 42.1 Å². The van der Waals surface area contributed by atoms with Crippen LogP contribution in [0.25, 0.3) is 0 Å². The molecule has 1 N–H and O–H groups in total. The van der Waals surface area contributed by atoms with Crippen LogP contribution in [0.2, 0.25) is 0 Å². The van der Waals surface area contributed by atoms with Gasteiger partial charge in [0.05, 0.1) is 0 Å². The number of carboxylic acids is 1. The average Bonchev–Trinajstić information content (AvgIpc) is 2.18. The molecule has 0 aliphatic heterocycles. The van der Waals surface area contributed by atoms with Gasteiger partial charge in [0.2, 0.25) is 10.0 Å². The van der Waals surface area contributed by atoms with Gasteiger partial charge in [-0.15, -0.1) is 0 Å². The molecule has 0 aromatic rings. The zero-order valence-electron chi connectivity index (χ0n) is 9.60. The van der Waals surface area contributed by atoms with Gasteiger partial charge in [0, 0.05) is 13.1 Å². The van der Waals surface area contributed by atoms with Gasteiger partial charge in [-0.05, 0) is 19.8 Å². The summed E-state index contributed by atoms with van der Waals surface area (Å²) in [6.07, 6.45) is 1.36. The predicted molar refractivity (Wildman–Crippen MR) is 58.2 cm³/mol. The van der Waals surface area contributed by atoms with Crippen LogP contribution >= 0.6 is 0 Å². The van der Waals surface area contributed by atoms with Crippen molar-refractivity contribution in [2.45, 2.75) is 44.9 Å². The molecule has 1 atom stereocenters. The van der Waals surface area contributed by atoms with Crippen molar-refractivity contribution in [2.24, 2.45) is 0 Å². The molecule has 6 heteroatoms. The van der Waals surface area contributed by atoms with Crippen LogP contribution in [0.1, 0.15) is 33.6 Å². The van der Waals surface area contributed by atoms with E-state index in [0.717, 1.165) is 0 Å². The monoisotopic (exact) mass is 237 g/mol. The summed E-state index contributed by atoms with van der Waals surface area (Å²) >= 11 is 0. The fourth-order valence-corrected chi connectivity index (χ4v) is 2.85. The zero-order valence-corrected chi connectivity index (χ0v) is 10.4. The van der Waals surface area contributed by atoms with Crippen LogP contribution in [0.3, 0.4) is 0 Å². The summed E-state index contributed by atoms with van der Waals surface area (Å²) in [5, 5.41) is 7.30. The Labute approximate surface area is 91.1 Å². The van der Waals surface area contributed by atoms with E-state index in [0.29, 0.717) is 12.8 Å². The summed E-state index contributed by atoms with van der Waals surface area (Å²) in [4.78, 5) is 10.6. The van der Waals surface area contributed by atoms with Crippen molar-refractivity contribution in [1.82, 2.24) is 4.31 Å². The molecule has 0 aliphatic carbocycles. The lowest BCUT2D eigenvalue weighted by molar-refractivity contribution is -0.136. The highest BCUT2D eigenvalue weighted by Gasteiger charge is 2.34. The third-order valence-corrected chi connectivity index (χ3v) is 4.85. The Bertz CT molecular complexity index is 308. The lowest BCUT2D eigenvalue weighted by Gasteiger charge is -2.27. The van der Waals surface area contributed by atoms with Gasteiger partial charge in [0.25, 0.3) is 0 Å². The van der Waals surface area contributed by atoms with Crippen LogP contribution < -0.4 is 0 Å². The molecular weight excluding hydrogens is 218 g/mol. The molecule has 0 aromatic heterocycles. The second kappa shape index (κ2) is 5.46. The van der Waals surface area contributed by atoms with Gasteiger partial charge in [0.15, 0.2) is 5.25 Å². The summed E-state index contributed by atoms with van der Waals surface area (Å²) in [6.45, 7) is 4.95. The highest BCUT2D eigenvalue weighted by molar-refractivity contribution is 7.90. The number of aliphatic carboxylic acids is 1. The standard InChI is InChI=1S/C9H19NO4S/c1-5-8(6-2)10(4)15(13,14)7(3)9(11)12/h7-8H,5-6H2,1-4H3,(H,11,12). The minimum Gasteiger partial charge on any atom is -0.480 e. The van der Waals surface area contributed by atoms with Crippen LogP contribution in [0, 0.1) is 0 Å². The molecule has 0 radical (unpaired) electrons. The normalized spacial score (nSPS) is 14.5. The molecular formula is C9H19NO4S. The van der Waals surface area contributed by atoms with Crippen molar-refractivity contribution < 1.29 is 18.3 Å². The van der Waals surface area contributed by atoms with E-state index in [4.69, 9.17) is 5.11 Å². The molecule has 0 saturated heterocycles. The molecule has 0 rings (SSSR count). The van der Waals surface area contributed by atoms with Gasteiger partial charge >= 0.3 is 5.97 Å². The van der Waals surface area contributed by atoms with E-state index in [9.17, 15) is 13.2 Å². The molecule has 0 saturated carbocycles. The largest absolute Gasteiger partial charge is 0.480 e. The second-order valence-electron chi connectivity index (χ2n) is 3.51. The zero-order chi connectivity index (χ0) is 12.2. The van der Waals surface area contributed by atoms with Crippen molar-refractivity contribution in [2.75, 3.05) is 7.05 Å². The Hall–Kier alpha value is -0.620. The maximum absolute atomic E-state index is 11.8. The number of nitrogens with zero attached hydrogens (tertiary/aromatic N) is 1. The number of sulfonamides is 1. The molecule has 15 heavy (non-hydrogen) atoms. The molecule has 1 unspecified atom stereocenters. The van der Waals surface area contributed by atoms with E-state index in [1.807, 2.05) is 13.8 Å². The fraction of sp³-hybridized carbons (Fsp3) is 0.889. The third-order valence-electron chi connectivity index (χ3n) is 2.65. The van der Waals surface area contributed by atoms with Gasteiger partial charge in [0.1, 0.15) is 0 Å². The lowest BCUT2D eigenvalue weighted by Crippen LogP contribution is -2.43. The molecule has 0 bridgehead atoms. The number of hydrogen-bond acceptors (Lipinski definition) is 3. The topological polar surface area (TPSA) is 74.7 Å². The SMILES string of the molecule is CCC(CC)N(C)S(=O)(=O)C(C)C(=O)O. The first kappa shape index (κ1) is 14.4. The van der Waals surface area contributed by atoms with E-state index >= 15 is 0 Å². The summed E-state index contributed by atoms with van der Waals surface area (Å²) in [5.74, 6) is -1.31. The summed E-state index contributed by atoms with van der Waals surface area (Å²) in [7, 11) is -2.29. The Morgan fingerprint density at radius 3 is 2.00 bits per heavy atom. The number of rotatable bonds is 6. The van der Waals surface area contributed by atoms with E-state index in [2.05, 4.69) is 0 Å². The minimum atomic E-state index is -3.73. The first-order valence-corrected chi connectivity index (χ1v) is 6.48. The van der Waals surface area contributed by atoms with Crippen LogP contribution in [0.15, 0.2) is 0 Å². The lowest BCUT2D eigenvalue weighted by atomic mass is 10.2. The summed E-state index contributed by atoms with van der Waals surface area (Å²) in [5.41, 5.74) is 0. The molecule has 0 aromatic carbocycles. The first-order valence-electron chi connectivity index (χ1n) is 4.98. The molecule has 0 heterocycles. The van der Waals surface area contributed by atoms with Crippen molar-refractivity contribution in [3.05, 3.63) is 0 Å². The van der Waals surface area contributed by atoms with Crippen LogP contribution in [0.4, 0.5) is 0 Å². The third kappa shape index (κ3) is 3.17. The Kier molecular flexibility index (Phi) is 5.23. The number of carbonyl (C=O) groups is 1. The van der Waals surface area contributed by atoms with E-state index < -0.39 is 21.2 Å². The Balaban J connectivity index is 4.95. The summed E-state index contributed by atoms with van der Waals surface area (Å²) < 4.78 is 24.7. The molecule has 0 fully saturated rings. The van der Waals surface area contributed by atoms with Gasteiger partial charge in [-0.25, -0.2) is 12.7 Å². The smallest absolute Gasteiger partial charge is 0.323 e. The van der Waals surface area contributed by atoms with E-state index in [1.54, 1.807) is 0 Å². The Morgan fingerprint density at radius 2 is 1.73 bits per heavy atom. The molecule has 5 nitrogen and oxygen atoms in total. The Morgan fingerprint density at radius 1 is 1.33 bits per heavy atom. The molecule has 90 valence electrons. The minimum absolute atomic E-state index is 0.128. The first-order chi connectivity index (χ1) is 6.78. The highest BCUT2D eigenvalue weighted by atomic mass is 32.2. The molecule has 0 spiro atoms. The second-order valence-corrected chi connectivity index (χ2v) is 5.82. The van der Waals surface area contributed by atoms with Crippen LogP contribution in [0.5, 0.6) is 0 Å². The van der Waals surface area contributed by atoms with Crippen LogP contribution in [-0.2, 0) is 14.8 Å². The maximum atomic E-state index is 11.8. The van der Waals surface area contributed by atoms with E-state index in [1.165, 1.54) is 18.3 Å². The van der Waals surface area contributed by atoms with Gasteiger partial charge in [-0.3, -0.25) is 4.79 Å². The van der Waals surface area contributed by atoms with Crippen molar-refractivity contribution in [3.8, 4) is 0 Å². The van der Waals surface area contributed by atoms with Gasteiger partial charge in [-0.1, -0.05) is 13.8 Å². The maximum Gasteiger partial charge on any atom is 0.323 e. The van der Waals surface area contributed by atoms with Gasteiger partial charge < -0.3 is 5.11 Å².